The lowest BCUT2D eigenvalue weighted by Crippen LogP contribution is -2.32. The number of carboxylic acid groups (broad SMARTS) is 1. The van der Waals surface area contributed by atoms with E-state index < -0.39 is 18.1 Å². The number of fused-ring (bicyclic) bond motifs is 1. The number of carbonyl (C=O) groups is 1. The van der Waals surface area contributed by atoms with E-state index in [1.54, 1.807) is 22.8 Å². The molecule has 0 radical (unpaired) electrons. The van der Waals surface area contributed by atoms with E-state index in [0.29, 0.717) is 40.4 Å². The Hall–Kier alpha value is -4.95. The molecule has 1 aromatic carbocycles. The molecule has 214 valence electrons. The number of anilines is 1. The fraction of sp³-hybridized carbons (Fsp3) is 0.222. The molecular formula is C27H23ClFN9O4. The number of aromatic nitrogens is 8. The number of hydrogen-bond acceptors (Lipinski definition) is 8. The van der Waals surface area contributed by atoms with Crippen LogP contribution < -0.4 is 10.5 Å². The predicted molar refractivity (Wildman–Crippen MR) is 149 cm³/mol. The van der Waals surface area contributed by atoms with Crippen molar-refractivity contribution in [3.05, 3.63) is 87.8 Å². The monoisotopic (exact) mass is 591 g/mol. The van der Waals surface area contributed by atoms with Crippen molar-refractivity contribution < 1.29 is 19.0 Å². The second kappa shape index (κ2) is 11.1. The van der Waals surface area contributed by atoms with Gasteiger partial charge in [-0.15, -0.1) is 5.10 Å². The zero-order valence-corrected chi connectivity index (χ0v) is 22.9. The van der Waals surface area contributed by atoms with Crippen molar-refractivity contribution in [3.8, 4) is 28.2 Å². The van der Waals surface area contributed by atoms with E-state index in [0.717, 1.165) is 10.6 Å². The molecule has 2 N–H and O–H groups in total. The number of pyridine rings is 2. The number of aryl methyl sites for hydroxylation is 1. The van der Waals surface area contributed by atoms with E-state index >= 15 is 4.39 Å². The van der Waals surface area contributed by atoms with Gasteiger partial charge in [-0.1, -0.05) is 11.6 Å². The number of aromatic amines is 1. The Balaban J connectivity index is 1.31. The topological polar surface area (TPSA) is 157 Å². The lowest BCUT2D eigenvalue weighted by Gasteiger charge is -2.18. The number of methoxy groups -OCH3 is 1. The Morgan fingerprint density at radius 3 is 2.83 bits per heavy atom. The van der Waals surface area contributed by atoms with Crippen LogP contribution in [0.2, 0.25) is 5.02 Å². The maximum absolute atomic E-state index is 15.1. The van der Waals surface area contributed by atoms with Crippen LogP contribution in [0.5, 0.6) is 0 Å². The van der Waals surface area contributed by atoms with Crippen LogP contribution in [-0.2, 0) is 11.2 Å². The third kappa shape index (κ3) is 5.01. The van der Waals surface area contributed by atoms with E-state index in [-0.39, 0.29) is 35.9 Å². The Morgan fingerprint density at radius 2 is 2.12 bits per heavy atom. The molecule has 0 aliphatic carbocycles. The zero-order valence-electron chi connectivity index (χ0n) is 22.1. The van der Waals surface area contributed by atoms with Crippen LogP contribution in [0, 0.1) is 5.95 Å². The molecule has 0 saturated carbocycles. The Bertz CT molecular complexity index is 1820. The molecule has 1 amide bonds. The maximum Gasteiger partial charge on any atom is 0.411 e. The van der Waals surface area contributed by atoms with Crippen LogP contribution in [0.15, 0.2) is 59.8 Å². The third-order valence-electron chi connectivity index (χ3n) is 7.04. The number of H-pyrrole nitrogens is 1. The summed E-state index contributed by atoms with van der Waals surface area (Å²) in [5.41, 5.74) is 2.97. The van der Waals surface area contributed by atoms with Crippen molar-refractivity contribution in [1.29, 1.82) is 0 Å². The second-order valence-electron chi connectivity index (χ2n) is 9.53. The normalized spacial score (nSPS) is 14.2. The molecular weight excluding hydrogens is 569 g/mol. The summed E-state index contributed by atoms with van der Waals surface area (Å²) in [6.45, 7) is 0.316. The highest BCUT2D eigenvalue weighted by Gasteiger charge is 2.30. The maximum atomic E-state index is 15.1. The molecule has 0 bridgehead atoms. The van der Waals surface area contributed by atoms with E-state index in [4.69, 9.17) is 16.3 Å². The first-order valence-electron chi connectivity index (χ1n) is 12.8. The van der Waals surface area contributed by atoms with E-state index in [1.807, 2.05) is 6.07 Å². The van der Waals surface area contributed by atoms with Gasteiger partial charge in [-0.25, -0.2) is 9.78 Å². The molecule has 0 fully saturated rings. The number of amides is 1. The van der Waals surface area contributed by atoms with Crippen molar-refractivity contribution in [3.63, 3.8) is 0 Å². The van der Waals surface area contributed by atoms with Gasteiger partial charge in [0.15, 0.2) is 0 Å². The summed E-state index contributed by atoms with van der Waals surface area (Å²) in [7, 11) is 1.48. The summed E-state index contributed by atoms with van der Waals surface area (Å²) in [5, 5.41) is 21.3. The highest BCUT2D eigenvalue weighted by Crippen LogP contribution is 2.35. The van der Waals surface area contributed by atoms with Gasteiger partial charge in [0.05, 0.1) is 42.5 Å². The molecule has 13 nitrogen and oxygen atoms in total. The van der Waals surface area contributed by atoms with Gasteiger partial charge >= 0.3 is 6.09 Å². The number of hydrogen-bond donors (Lipinski definition) is 2. The van der Waals surface area contributed by atoms with Gasteiger partial charge in [0.1, 0.15) is 17.8 Å². The zero-order chi connectivity index (χ0) is 29.4. The smallest absolute Gasteiger partial charge is 0.411 e. The molecule has 15 heteroatoms. The minimum Gasteiger partial charge on any atom is -0.465 e. The number of nitrogens with zero attached hydrogens (tertiary/aromatic N) is 8. The van der Waals surface area contributed by atoms with Crippen LogP contribution in [0.1, 0.15) is 24.0 Å². The highest BCUT2D eigenvalue weighted by molar-refractivity contribution is 6.31. The van der Waals surface area contributed by atoms with Gasteiger partial charge in [0.25, 0.3) is 5.56 Å². The van der Waals surface area contributed by atoms with Crippen molar-refractivity contribution in [2.75, 3.05) is 25.2 Å². The van der Waals surface area contributed by atoms with Crippen LogP contribution in [-0.4, -0.2) is 71.2 Å². The van der Waals surface area contributed by atoms with Crippen LogP contribution in [0.3, 0.4) is 0 Å². The van der Waals surface area contributed by atoms with Crippen LogP contribution in [0.25, 0.3) is 28.2 Å². The first-order chi connectivity index (χ1) is 20.3. The summed E-state index contributed by atoms with van der Waals surface area (Å²) in [6, 6.07) is 11.1. The average Bonchev–Trinajstić information content (AvgIpc) is 3.74. The number of ether oxygens (including phenoxy) is 1. The Labute approximate surface area is 242 Å². The number of rotatable bonds is 8. The van der Waals surface area contributed by atoms with Crippen molar-refractivity contribution >= 4 is 23.4 Å². The number of imidazole rings is 1. The lowest BCUT2D eigenvalue weighted by atomic mass is 10.0. The van der Waals surface area contributed by atoms with E-state index in [2.05, 4.69) is 30.5 Å². The Morgan fingerprint density at radius 1 is 1.26 bits per heavy atom. The van der Waals surface area contributed by atoms with Crippen LogP contribution in [0.4, 0.5) is 14.9 Å². The first kappa shape index (κ1) is 27.2. The number of tetrazole rings is 1. The molecule has 5 heterocycles. The van der Waals surface area contributed by atoms with Gasteiger partial charge in [0, 0.05) is 29.5 Å². The average molecular weight is 592 g/mol. The standard InChI is InChI=1S/C27H23ClFN9O4/c1-42-9-8-36(27(40)41)18-3-5-20(30-13-18)24-25(29)33-26(32-24)22-7-4-17-10-15(11-23(39)38(17)22)19-12-16(28)2-6-21(19)37-14-31-34-35-37/h2-3,5-6,10-14,22H,4,7-9H2,1H3,(H,32,33)(H,40,41)/t22-/m0/s1. The largest absolute Gasteiger partial charge is 0.465 e. The molecule has 0 spiro atoms. The number of halogens is 2. The van der Waals surface area contributed by atoms with Gasteiger partial charge in [-0.05, 0) is 65.2 Å². The van der Waals surface area contributed by atoms with Crippen molar-refractivity contribution in [2.24, 2.45) is 0 Å². The molecule has 42 heavy (non-hydrogen) atoms. The summed E-state index contributed by atoms with van der Waals surface area (Å²) in [6.07, 6.45) is 2.72. The van der Waals surface area contributed by atoms with Crippen LogP contribution >= 0.6 is 11.6 Å². The minimum absolute atomic E-state index is 0.0292. The van der Waals surface area contributed by atoms with Crippen molar-refractivity contribution in [1.82, 2.24) is 39.7 Å². The molecule has 0 unspecified atom stereocenters. The fourth-order valence-corrected chi connectivity index (χ4v) is 5.29. The third-order valence-corrected chi connectivity index (χ3v) is 7.28. The summed E-state index contributed by atoms with van der Waals surface area (Å²) in [4.78, 5) is 37.5. The molecule has 4 aromatic heterocycles. The molecule has 5 aromatic rings. The Kier molecular flexibility index (Phi) is 7.22. The first-order valence-corrected chi connectivity index (χ1v) is 13.2. The fourth-order valence-electron chi connectivity index (χ4n) is 5.12. The summed E-state index contributed by atoms with van der Waals surface area (Å²) in [5.74, 6) is -0.422. The summed E-state index contributed by atoms with van der Waals surface area (Å²) >= 11 is 6.28. The lowest BCUT2D eigenvalue weighted by molar-refractivity contribution is 0.186. The summed E-state index contributed by atoms with van der Waals surface area (Å²) < 4.78 is 23.1. The van der Waals surface area contributed by atoms with Gasteiger partial charge in [-0.3, -0.25) is 14.7 Å². The quantitative estimate of drug-likeness (QED) is 0.274. The number of nitrogens with one attached hydrogen (secondary N) is 1. The molecule has 1 atom stereocenters. The number of benzene rings is 1. The van der Waals surface area contributed by atoms with E-state index in [9.17, 15) is 14.7 Å². The molecule has 1 aliphatic rings. The molecule has 1 aliphatic heterocycles. The SMILES string of the molecule is COCCN(C(=O)O)c1ccc(-c2nc([C@@H]3CCc4cc(-c5cc(Cl)ccc5-n5cnnn5)cc(=O)n43)[nH]c2F)nc1. The van der Waals surface area contributed by atoms with Gasteiger partial charge < -0.3 is 19.4 Å². The molecule has 0 saturated heterocycles. The second-order valence-corrected chi connectivity index (χ2v) is 9.96. The highest BCUT2D eigenvalue weighted by atomic mass is 35.5. The van der Waals surface area contributed by atoms with Gasteiger partial charge in [0.2, 0.25) is 5.95 Å². The minimum atomic E-state index is -1.16. The van der Waals surface area contributed by atoms with E-state index in [1.165, 1.54) is 42.5 Å². The predicted octanol–water partition coefficient (Wildman–Crippen LogP) is 3.74. The van der Waals surface area contributed by atoms with Crippen molar-refractivity contribution in [2.45, 2.75) is 18.9 Å². The molecule has 6 rings (SSSR count). The van der Waals surface area contributed by atoms with Gasteiger partial charge in [-0.2, -0.15) is 9.07 Å².